The zero-order chi connectivity index (χ0) is 18.7. The van der Waals surface area contributed by atoms with Crippen LogP contribution < -0.4 is 10.5 Å². The molecule has 0 atom stereocenters. The number of aromatic nitrogens is 2. The van der Waals surface area contributed by atoms with E-state index in [0.29, 0.717) is 22.5 Å². The summed E-state index contributed by atoms with van der Waals surface area (Å²) >= 11 is 12.2. The van der Waals surface area contributed by atoms with E-state index in [1.54, 1.807) is 12.1 Å². The van der Waals surface area contributed by atoms with Gasteiger partial charge < -0.3 is 15.0 Å². The smallest absolute Gasteiger partial charge is 0.411 e. The summed E-state index contributed by atoms with van der Waals surface area (Å²) in [5, 5.41) is 0.412. The Morgan fingerprint density at radius 1 is 1.12 bits per heavy atom. The Bertz CT molecular complexity index is 989. The molecule has 1 aliphatic rings. The number of halogens is 5. The highest BCUT2D eigenvalue weighted by atomic mass is 35.5. The van der Waals surface area contributed by atoms with Gasteiger partial charge in [-0.1, -0.05) is 23.2 Å². The minimum atomic E-state index is -4.35. The van der Waals surface area contributed by atoms with E-state index in [-0.39, 0.29) is 28.6 Å². The molecule has 0 unspecified atom stereocenters. The maximum Gasteiger partial charge on any atom is 0.411 e. The summed E-state index contributed by atoms with van der Waals surface area (Å²) in [7, 11) is 0. The molecule has 1 saturated carbocycles. The Morgan fingerprint density at radius 2 is 1.77 bits per heavy atom. The van der Waals surface area contributed by atoms with Crippen molar-refractivity contribution < 1.29 is 17.9 Å². The first-order valence-corrected chi connectivity index (χ1v) is 8.43. The molecule has 9 heteroatoms. The van der Waals surface area contributed by atoms with Crippen molar-refractivity contribution >= 4 is 39.9 Å². The van der Waals surface area contributed by atoms with Crippen molar-refractivity contribution in [2.24, 2.45) is 0 Å². The van der Waals surface area contributed by atoms with Crippen LogP contribution in [0.1, 0.15) is 12.8 Å². The minimum absolute atomic E-state index is 0.0304. The Hall–Kier alpha value is -2.12. The number of alkyl halides is 3. The van der Waals surface area contributed by atoms with Gasteiger partial charge in [-0.3, -0.25) is 0 Å². The highest BCUT2D eigenvalue weighted by Crippen LogP contribution is 2.56. The van der Waals surface area contributed by atoms with Crippen molar-refractivity contribution in [1.29, 1.82) is 0 Å². The second-order valence-corrected chi connectivity index (χ2v) is 7.02. The van der Waals surface area contributed by atoms with E-state index in [1.165, 1.54) is 29.1 Å². The fraction of sp³-hybridized carbons (Fsp3) is 0.235. The standard InChI is InChI=1S/C17H12Cl2F3N3O/c18-11-5-9(23)6-12(19)15(11)26-10-1-2-13-14(7-10)25(8-24-13)16(3-4-16)17(20,21)22/h1-2,5-8H,3-4,23H2. The maximum atomic E-state index is 13.5. The van der Waals surface area contributed by atoms with Crippen LogP contribution in [0.15, 0.2) is 36.7 Å². The number of ether oxygens (including phenoxy) is 1. The van der Waals surface area contributed by atoms with Gasteiger partial charge in [-0.25, -0.2) is 4.98 Å². The summed E-state index contributed by atoms with van der Waals surface area (Å²) in [6.45, 7) is 0. The number of imidazole rings is 1. The summed E-state index contributed by atoms with van der Waals surface area (Å²) in [6, 6.07) is 7.64. The molecule has 4 nitrogen and oxygen atoms in total. The predicted octanol–water partition coefficient (Wildman–Crippen LogP) is 5.77. The van der Waals surface area contributed by atoms with E-state index in [9.17, 15) is 13.2 Å². The predicted molar refractivity (Wildman–Crippen MR) is 93.9 cm³/mol. The van der Waals surface area contributed by atoms with Crippen LogP contribution in [0.25, 0.3) is 11.0 Å². The average molecular weight is 402 g/mol. The van der Waals surface area contributed by atoms with Gasteiger partial charge >= 0.3 is 6.18 Å². The molecule has 2 N–H and O–H groups in total. The number of anilines is 1. The Kier molecular flexibility index (Phi) is 3.79. The molecule has 0 aliphatic heterocycles. The van der Waals surface area contributed by atoms with Gasteiger partial charge in [0.25, 0.3) is 0 Å². The van der Waals surface area contributed by atoms with E-state index in [2.05, 4.69) is 4.98 Å². The molecule has 0 bridgehead atoms. The van der Waals surface area contributed by atoms with E-state index in [0.717, 1.165) is 0 Å². The lowest BCUT2D eigenvalue weighted by molar-refractivity contribution is -0.178. The third-order valence-corrected chi connectivity index (χ3v) is 5.03. The first-order chi connectivity index (χ1) is 12.2. The van der Waals surface area contributed by atoms with Crippen molar-refractivity contribution in [3.05, 3.63) is 46.7 Å². The van der Waals surface area contributed by atoms with Crippen LogP contribution in [0.4, 0.5) is 18.9 Å². The number of fused-ring (bicyclic) bond motifs is 1. The van der Waals surface area contributed by atoms with Crippen molar-refractivity contribution in [1.82, 2.24) is 9.55 Å². The third kappa shape index (κ3) is 2.66. The van der Waals surface area contributed by atoms with Crippen molar-refractivity contribution in [3.8, 4) is 11.5 Å². The van der Waals surface area contributed by atoms with Gasteiger partial charge in [0.2, 0.25) is 0 Å². The van der Waals surface area contributed by atoms with Crippen LogP contribution >= 0.6 is 23.2 Å². The van der Waals surface area contributed by atoms with E-state index < -0.39 is 11.7 Å². The van der Waals surface area contributed by atoms with Crippen LogP contribution in [0, 0.1) is 0 Å². The van der Waals surface area contributed by atoms with Crippen molar-refractivity contribution in [2.45, 2.75) is 24.6 Å². The topological polar surface area (TPSA) is 53.1 Å². The number of nitrogens with two attached hydrogens (primary N) is 1. The molecule has 4 rings (SSSR count). The van der Waals surface area contributed by atoms with Crippen LogP contribution in [-0.4, -0.2) is 15.7 Å². The van der Waals surface area contributed by atoms with Gasteiger partial charge in [0.05, 0.1) is 27.4 Å². The Morgan fingerprint density at radius 3 is 2.35 bits per heavy atom. The highest BCUT2D eigenvalue weighted by Gasteiger charge is 2.65. The molecule has 0 radical (unpaired) electrons. The second-order valence-electron chi connectivity index (χ2n) is 6.21. The first-order valence-electron chi connectivity index (χ1n) is 7.68. The fourth-order valence-electron chi connectivity index (χ4n) is 2.97. The normalized spacial score (nSPS) is 16.0. The van der Waals surface area contributed by atoms with Gasteiger partial charge in [0, 0.05) is 11.8 Å². The van der Waals surface area contributed by atoms with Gasteiger partial charge in [-0.15, -0.1) is 0 Å². The molecule has 1 heterocycles. The molecular weight excluding hydrogens is 390 g/mol. The molecule has 0 amide bonds. The lowest BCUT2D eigenvalue weighted by atomic mass is 10.2. The van der Waals surface area contributed by atoms with Crippen LogP contribution in [0.3, 0.4) is 0 Å². The van der Waals surface area contributed by atoms with Crippen LogP contribution in [0.5, 0.6) is 11.5 Å². The zero-order valence-electron chi connectivity index (χ0n) is 13.1. The van der Waals surface area contributed by atoms with Crippen molar-refractivity contribution in [3.63, 3.8) is 0 Å². The summed E-state index contributed by atoms with van der Waals surface area (Å²) < 4.78 is 47.2. The maximum absolute atomic E-state index is 13.5. The lowest BCUT2D eigenvalue weighted by Crippen LogP contribution is -2.34. The number of benzene rings is 2. The van der Waals surface area contributed by atoms with Gasteiger partial charge in [0.15, 0.2) is 5.75 Å². The molecular formula is C17H12Cl2F3N3O. The van der Waals surface area contributed by atoms with Crippen LogP contribution in [-0.2, 0) is 5.54 Å². The van der Waals surface area contributed by atoms with Crippen LogP contribution in [0.2, 0.25) is 10.0 Å². The van der Waals surface area contributed by atoms with Crippen molar-refractivity contribution in [2.75, 3.05) is 5.73 Å². The molecule has 1 aromatic heterocycles. The fourth-order valence-corrected chi connectivity index (χ4v) is 3.55. The summed E-state index contributed by atoms with van der Waals surface area (Å²) in [5.74, 6) is 0.482. The largest absolute Gasteiger partial charge is 0.454 e. The number of rotatable bonds is 3. The zero-order valence-corrected chi connectivity index (χ0v) is 14.7. The SMILES string of the molecule is Nc1cc(Cl)c(Oc2ccc3ncn(C4(C(F)(F)F)CC4)c3c2)c(Cl)c1. The number of nitrogen functional groups attached to an aromatic ring is 1. The van der Waals surface area contributed by atoms with Gasteiger partial charge in [-0.05, 0) is 37.1 Å². The quantitative estimate of drug-likeness (QED) is 0.566. The number of nitrogens with zero attached hydrogens (tertiary/aromatic N) is 2. The molecule has 3 aromatic rings. The monoisotopic (exact) mass is 401 g/mol. The molecule has 136 valence electrons. The lowest BCUT2D eigenvalue weighted by Gasteiger charge is -2.21. The average Bonchev–Trinajstić information content (AvgIpc) is 3.25. The van der Waals surface area contributed by atoms with E-state index >= 15 is 0 Å². The summed E-state index contributed by atoms with van der Waals surface area (Å²) in [4.78, 5) is 4.07. The molecule has 0 spiro atoms. The summed E-state index contributed by atoms with van der Waals surface area (Å²) in [5.41, 5.74) is 4.92. The minimum Gasteiger partial charge on any atom is -0.454 e. The van der Waals surface area contributed by atoms with E-state index in [1.807, 2.05) is 0 Å². The summed E-state index contributed by atoms with van der Waals surface area (Å²) in [6.07, 6.45) is -3.06. The van der Waals surface area contributed by atoms with Gasteiger partial charge in [0.1, 0.15) is 11.3 Å². The molecule has 1 aliphatic carbocycles. The Balaban J connectivity index is 1.76. The third-order valence-electron chi connectivity index (χ3n) is 4.47. The second kappa shape index (κ2) is 5.69. The highest BCUT2D eigenvalue weighted by molar-refractivity contribution is 6.37. The molecule has 1 fully saturated rings. The first kappa shape index (κ1) is 17.3. The molecule has 26 heavy (non-hydrogen) atoms. The molecule has 2 aromatic carbocycles. The van der Waals surface area contributed by atoms with E-state index in [4.69, 9.17) is 33.7 Å². The Labute approximate surface area is 156 Å². The van der Waals surface area contributed by atoms with Gasteiger partial charge in [-0.2, -0.15) is 13.2 Å². The number of hydrogen-bond donors (Lipinski definition) is 1. The number of hydrogen-bond acceptors (Lipinski definition) is 3. The molecule has 0 saturated heterocycles.